The number of carbonyl (C=O) groups excluding carboxylic acids is 1. The summed E-state index contributed by atoms with van der Waals surface area (Å²) < 4.78 is 1.67. The predicted molar refractivity (Wildman–Crippen MR) is 112 cm³/mol. The van der Waals surface area contributed by atoms with Gasteiger partial charge >= 0.3 is 0 Å². The van der Waals surface area contributed by atoms with Crippen molar-refractivity contribution in [3.05, 3.63) is 33.6 Å². The summed E-state index contributed by atoms with van der Waals surface area (Å²) in [6, 6.07) is 5.41. The minimum absolute atomic E-state index is 0.0407. The van der Waals surface area contributed by atoms with Gasteiger partial charge in [-0.3, -0.25) is 14.2 Å². The second-order valence-corrected chi connectivity index (χ2v) is 8.64. The van der Waals surface area contributed by atoms with Crippen LogP contribution >= 0.6 is 23.4 Å². The molecule has 27 heavy (non-hydrogen) atoms. The zero-order valence-electron chi connectivity index (χ0n) is 16.1. The fraction of sp³-hybridized carbons (Fsp3) is 0.550. The SMILES string of the molecule is CC[C@@H]1CCCCN1C(=O)CSc1nc2cc(Cl)ccc2c(=O)n1C(C)C. The lowest BCUT2D eigenvalue weighted by Gasteiger charge is -2.35. The van der Waals surface area contributed by atoms with E-state index >= 15 is 0 Å². The van der Waals surface area contributed by atoms with Crippen molar-refractivity contribution >= 4 is 40.2 Å². The Kier molecular flexibility index (Phi) is 6.48. The number of rotatable bonds is 5. The summed E-state index contributed by atoms with van der Waals surface area (Å²) in [5.74, 6) is 0.421. The van der Waals surface area contributed by atoms with Crippen LogP contribution in [0.2, 0.25) is 5.02 Å². The Balaban J connectivity index is 1.88. The van der Waals surface area contributed by atoms with E-state index in [1.807, 2.05) is 18.7 Å². The normalized spacial score (nSPS) is 17.7. The number of halogens is 1. The number of benzene rings is 1. The number of likely N-dealkylation sites (tertiary alicyclic amines) is 1. The van der Waals surface area contributed by atoms with Crippen molar-refractivity contribution in [2.45, 2.75) is 63.7 Å². The molecule has 1 aromatic carbocycles. The van der Waals surface area contributed by atoms with E-state index < -0.39 is 0 Å². The van der Waals surface area contributed by atoms with Crippen molar-refractivity contribution in [3.8, 4) is 0 Å². The van der Waals surface area contributed by atoms with Crippen LogP contribution in [0.5, 0.6) is 0 Å². The van der Waals surface area contributed by atoms with Crippen molar-refractivity contribution < 1.29 is 4.79 Å². The quantitative estimate of drug-likeness (QED) is 0.540. The molecule has 1 saturated heterocycles. The Morgan fingerprint density at radius 1 is 1.37 bits per heavy atom. The van der Waals surface area contributed by atoms with E-state index in [-0.39, 0.29) is 17.5 Å². The number of hydrogen-bond donors (Lipinski definition) is 0. The molecule has 0 unspecified atom stereocenters. The predicted octanol–water partition coefficient (Wildman–Crippen LogP) is 4.51. The molecule has 1 aromatic heterocycles. The molecule has 1 fully saturated rings. The number of piperidine rings is 1. The lowest BCUT2D eigenvalue weighted by molar-refractivity contribution is -0.132. The third-order valence-electron chi connectivity index (χ3n) is 5.09. The summed E-state index contributed by atoms with van der Waals surface area (Å²) in [5, 5.41) is 1.66. The van der Waals surface area contributed by atoms with Crippen LogP contribution in [0, 0.1) is 0 Å². The topological polar surface area (TPSA) is 55.2 Å². The first-order valence-corrected chi connectivity index (χ1v) is 10.9. The van der Waals surface area contributed by atoms with Crippen molar-refractivity contribution in [1.29, 1.82) is 0 Å². The van der Waals surface area contributed by atoms with E-state index in [1.165, 1.54) is 18.2 Å². The number of hydrogen-bond acceptors (Lipinski definition) is 4. The zero-order chi connectivity index (χ0) is 19.6. The Morgan fingerprint density at radius 2 is 2.15 bits per heavy atom. The van der Waals surface area contributed by atoms with Gasteiger partial charge in [0.25, 0.3) is 5.56 Å². The smallest absolute Gasteiger partial charge is 0.262 e. The molecule has 7 heteroatoms. The van der Waals surface area contributed by atoms with Gasteiger partial charge in [-0.25, -0.2) is 4.98 Å². The number of fused-ring (bicyclic) bond motifs is 1. The number of thioether (sulfide) groups is 1. The van der Waals surface area contributed by atoms with Gasteiger partial charge in [-0.05, 0) is 57.7 Å². The van der Waals surface area contributed by atoms with Crippen LogP contribution in [0.15, 0.2) is 28.2 Å². The molecule has 0 bridgehead atoms. The highest BCUT2D eigenvalue weighted by Gasteiger charge is 2.26. The number of carbonyl (C=O) groups is 1. The molecule has 0 saturated carbocycles. The van der Waals surface area contributed by atoms with E-state index in [0.717, 1.165) is 25.8 Å². The van der Waals surface area contributed by atoms with E-state index in [2.05, 4.69) is 11.9 Å². The lowest BCUT2D eigenvalue weighted by atomic mass is 10.0. The minimum atomic E-state index is -0.0916. The van der Waals surface area contributed by atoms with Gasteiger partial charge in [-0.1, -0.05) is 30.3 Å². The second kappa shape index (κ2) is 8.65. The van der Waals surface area contributed by atoms with Crippen LogP contribution in [0.3, 0.4) is 0 Å². The number of amides is 1. The fourth-order valence-electron chi connectivity index (χ4n) is 3.67. The van der Waals surface area contributed by atoms with Crippen molar-refractivity contribution in [1.82, 2.24) is 14.5 Å². The van der Waals surface area contributed by atoms with Crippen molar-refractivity contribution in [2.24, 2.45) is 0 Å². The summed E-state index contributed by atoms with van der Waals surface area (Å²) in [7, 11) is 0. The molecule has 2 aromatic rings. The fourth-order valence-corrected chi connectivity index (χ4v) is 4.85. The van der Waals surface area contributed by atoms with Gasteiger partial charge in [0.05, 0.1) is 16.7 Å². The van der Waals surface area contributed by atoms with Gasteiger partial charge < -0.3 is 4.90 Å². The number of aromatic nitrogens is 2. The van der Waals surface area contributed by atoms with E-state index in [4.69, 9.17) is 11.6 Å². The standard InChI is InChI=1S/C20H26ClN3O2S/c1-4-15-7-5-6-10-23(15)18(25)12-27-20-22-17-11-14(21)8-9-16(17)19(26)24(20)13(2)3/h8-9,11,13,15H,4-7,10,12H2,1-3H3/t15-/m1/s1. The van der Waals surface area contributed by atoms with Gasteiger partial charge in [-0.2, -0.15) is 0 Å². The molecule has 0 spiro atoms. The van der Waals surface area contributed by atoms with E-state index in [1.54, 1.807) is 22.8 Å². The Bertz CT molecular complexity index is 897. The minimum Gasteiger partial charge on any atom is -0.339 e. The third kappa shape index (κ3) is 4.32. The van der Waals surface area contributed by atoms with Crippen LogP contribution in [-0.4, -0.2) is 38.7 Å². The van der Waals surface area contributed by atoms with Crippen LogP contribution in [0.25, 0.3) is 10.9 Å². The van der Waals surface area contributed by atoms with Gasteiger partial charge in [0.2, 0.25) is 5.91 Å². The summed E-state index contributed by atoms with van der Waals surface area (Å²) >= 11 is 7.41. The summed E-state index contributed by atoms with van der Waals surface area (Å²) in [6.07, 6.45) is 4.32. The molecule has 2 heterocycles. The maximum Gasteiger partial charge on any atom is 0.262 e. The average Bonchev–Trinajstić information content (AvgIpc) is 2.65. The molecule has 1 aliphatic heterocycles. The molecular weight excluding hydrogens is 382 g/mol. The highest BCUT2D eigenvalue weighted by atomic mass is 35.5. The van der Waals surface area contributed by atoms with Gasteiger partial charge in [0.1, 0.15) is 0 Å². The van der Waals surface area contributed by atoms with Gasteiger partial charge in [0, 0.05) is 23.7 Å². The molecule has 3 rings (SSSR count). The van der Waals surface area contributed by atoms with Crippen LogP contribution in [-0.2, 0) is 4.79 Å². The molecule has 0 N–H and O–H groups in total. The first-order valence-electron chi connectivity index (χ1n) is 9.56. The van der Waals surface area contributed by atoms with E-state index in [9.17, 15) is 9.59 Å². The molecule has 1 atom stereocenters. The lowest BCUT2D eigenvalue weighted by Crippen LogP contribution is -2.44. The summed E-state index contributed by atoms with van der Waals surface area (Å²) in [6.45, 7) is 6.87. The maximum absolute atomic E-state index is 12.9. The van der Waals surface area contributed by atoms with Crippen molar-refractivity contribution in [3.63, 3.8) is 0 Å². The Hall–Kier alpha value is -1.53. The average molecular weight is 408 g/mol. The maximum atomic E-state index is 12.9. The van der Waals surface area contributed by atoms with Crippen molar-refractivity contribution in [2.75, 3.05) is 12.3 Å². The molecule has 1 amide bonds. The summed E-state index contributed by atoms with van der Waals surface area (Å²) in [5.41, 5.74) is 0.481. The van der Waals surface area contributed by atoms with Crippen LogP contribution < -0.4 is 5.56 Å². The number of nitrogens with zero attached hydrogens (tertiary/aromatic N) is 3. The highest BCUT2D eigenvalue weighted by molar-refractivity contribution is 7.99. The summed E-state index contributed by atoms with van der Waals surface area (Å²) in [4.78, 5) is 32.4. The highest BCUT2D eigenvalue weighted by Crippen LogP contribution is 2.25. The van der Waals surface area contributed by atoms with Crippen LogP contribution in [0.4, 0.5) is 0 Å². The molecule has 0 aliphatic carbocycles. The third-order valence-corrected chi connectivity index (χ3v) is 6.26. The second-order valence-electron chi connectivity index (χ2n) is 7.26. The Labute approximate surface area is 169 Å². The van der Waals surface area contributed by atoms with E-state index in [0.29, 0.717) is 32.9 Å². The zero-order valence-corrected chi connectivity index (χ0v) is 17.6. The van der Waals surface area contributed by atoms with Crippen LogP contribution in [0.1, 0.15) is 52.5 Å². The monoisotopic (exact) mass is 407 g/mol. The first kappa shape index (κ1) is 20.2. The van der Waals surface area contributed by atoms with Gasteiger partial charge in [-0.15, -0.1) is 0 Å². The largest absolute Gasteiger partial charge is 0.339 e. The molecule has 1 aliphatic rings. The van der Waals surface area contributed by atoms with Gasteiger partial charge in [0.15, 0.2) is 5.16 Å². The molecule has 5 nitrogen and oxygen atoms in total. The first-order chi connectivity index (χ1) is 12.9. The molecule has 146 valence electrons. The Morgan fingerprint density at radius 3 is 2.85 bits per heavy atom. The molecular formula is C20H26ClN3O2S. The molecule has 0 radical (unpaired) electrons.